The van der Waals surface area contributed by atoms with Crippen LogP contribution in [0.1, 0.15) is 18.4 Å². The Labute approximate surface area is 85.2 Å². The molecule has 0 radical (unpaired) electrons. The molecule has 0 spiro atoms. The summed E-state index contributed by atoms with van der Waals surface area (Å²) >= 11 is 0. The van der Waals surface area contributed by atoms with Crippen molar-refractivity contribution in [2.24, 2.45) is 5.73 Å². The van der Waals surface area contributed by atoms with E-state index in [1.807, 2.05) is 0 Å². The van der Waals surface area contributed by atoms with Crippen LogP contribution in [0.15, 0.2) is 6.07 Å². The van der Waals surface area contributed by atoms with Gasteiger partial charge in [0, 0.05) is 5.56 Å². The number of nitrogens with two attached hydrogens (primary N) is 1. The second-order valence-corrected chi connectivity index (χ2v) is 3.15. The molecular formula is C9H11NO5. The molecule has 1 amide bonds. The average molecular weight is 213 g/mol. The van der Waals surface area contributed by atoms with Gasteiger partial charge in [0.15, 0.2) is 11.5 Å². The lowest BCUT2D eigenvalue weighted by Gasteiger charge is -2.12. The maximum absolute atomic E-state index is 10.8. The van der Waals surface area contributed by atoms with Crippen LogP contribution in [0.25, 0.3) is 0 Å². The predicted molar refractivity (Wildman–Crippen MR) is 50.7 cm³/mol. The number of primary amides is 1. The SMILES string of the molecule is CC(C(N)=O)c1cc(O)c(O)c(O)c1O. The Kier molecular flexibility index (Phi) is 2.61. The van der Waals surface area contributed by atoms with Gasteiger partial charge in [0.25, 0.3) is 0 Å². The number of phenols is 4. The van der Waals surface area contributed by atoms with Crippen molar-refractivity contribution >= 4 is 5.91 Å². The molecule has 1 aromatic rings. The van der Waals surface area contributed by atoms with E-state index in [0.717, 1.165) is 6.07 Å². The smallest absolute Gasteiger partial charge is 0.224 e. The van der Waals surface area contributed by atoms with Crippen LogP contribution in [0.2, 0.25) is 0 Å². The average Bonchev–Trinajstić information content (AvgIpc) is 2.19. The largest absolute Gasteiger partial charge is 0.504 e. The highest BCUT2D eigenvalue weighted by molar-refractivity contribution is 5.83. The normalized spacial score (nSPS) is 12.3. The van der Waals surface area contributed by atoms with E-state index in [2.05, 4.69) is 0 Å². The van der Waals surface area contributed by atoms with Crippen LogP contribution in [-0.4, -0.2) is 26.3 Å². The van der Waals surface area contributed by atoms with E-state index in [9.17, 15) is 15.0 Å². The number of amides is 1. The van der Waals surface area contributed by atoms with Crippen LogP contribution in [0.5, 0.6) is 23.0 Å². The highest BCUT2D eigenvalue weighted by atomic mass is 16.3. The number of rotatable bonds is 2. The summed E-state index contributed by atoms with van der Waals surface area (Å²) in [5.41, 5.74) is 4.95. The minimum absolute atomic E-state index is 0.0460. The molecule has 0 aliphatic rings. The Bertz CT molecular complexity index is 415. The summed E-state index contributed by atoms with van der Waals surface area (Å²) in [6, 6.07) is 0.972. The Balaban J connectivity index is 3.38. The summed E-state index contributed by atoms with van der Waals surface area (Å²) in [6.07, 6.45) is 0. The molecule has 0 saturated carbocycles. The van der Waals surface area contributed by atoms with E-state index >= 15 is 0 Å². The van der Waals surface area contributed by atoms with Crippen molar-refractivity contribution in [2.45, 2.75) is 12.8 Å². The van der Waals surface area contributed by atoms with Crippen molar-refractivity contribution in [3.05, 3.63) is 11.6 Å². The molecule has 15 heavy (non-hydrogen) atoms. The quantitative estimate of drug-likeness (QED) is 0.352. The summed E-state index contributed by atoms with van der Waals surface area (Å²) < 4.78 is 0. The van der Waals surface area contributed by atoms with Gasteiger partial charge in [0.05, 0.1) is 5.92 Å². The molecule has 0 aromatic heterocycles. The number of hydrogen-bond donors (Lipinski definition) is 5. The van der Waals surface area contributed by atoms with E-state index in [1.54, 1.807) is 0 Å². The molecule has 6 nitrogen and oxygen atoms in total. The first-order valence-corrected chi connectivity index (χ1v) is 4.12. The van der Waals surface area contributed by atoms with Gasteiger partial charge < -0.3 is 26.2 Å². The topological polar surface area (TPSA) is 124 Å². The lowest BCUT2D eigenvalue weighted by Crippen LogP contribution is -2.18. The van der Waals surface area contributed by atoms with Crippen LogP contribution in [0.4, 0.5) is 0 Å². The fourth-order valence-corrected chi connectivity index (χ4v) is 1.14. The summed E-state index contributed by atoms with van der Waals surface area (Å²) in [4.78, 5) is 10.8. The van der Waals surface area contributed by atoms with Crippen molar-refractivity contribution in [2.75, 3.05) is 0 Å². The third kappa shape index (κ3) is 1.74. The van der Waals surface area contributed by atoms with Crippen LogP contribution in [-0.2, 0) is 4.79 Å². The molecule has 0 bridgehead atoms. The zero-order valence-corrected chi connectivity index (χ0v) is 7.93. The van der Waals surface area contributed by atoms with Crippen LogP contribution in [0.3, 0.4) is 0 Å². The first kappa shape index (κ1) is 11.0. The molecule has 1 atom stereocenters. The molecular weight excluding hydrogens is 202 g/mol. The second kappa shape index (κ2) is 3.56. The number of carbonyl (C=O) groups is 1. The number of benzene rings is 1. The Hall–Kier alpha value is -2.11. The minimum atomic E-state index is -0.887. The summed E-state index contributed by atoms with van der Waals surface area (Å²) in [7, 11) is 0. The second-order valence-electron chi connectivity index (χ2n) is 3.15. The third-order valence-electron chi connectivity index (χ3n) is 2.15. The standard InChI is InChI=1S/C9H11NO5/c1-3(9(10)15)4-2-5(11)7(13)8(14)6(4)12/h2-3,11-14H,1H3,(H2,10,15). The van der Waals surface area contributed by atoms with Gasteiger partial charge in [-0.15, -0.1) is 0 Å². The maximum Gasteiger partial charge on any atom is 0.224 e. The molecule has 0 heterocycles. The fourth-order valence-electron chi connectivity index (χ4n) is 1.14. The third-order valence-corrected chi connectivity index (χ3v) is 2.15. The van der Waals surface area contributed by atoms with E-state index in [1.165, 1.54) is 6.92 Å². The van der Waals surface area contributed by atoms with E-state index in [4.69, 9.17) is 15.9 Å². The van der Waals surface area contributed by atoms with E-state index in [0.29, 0.717) is 0 Å². The molecule has 1 unspecified atom stereocenters. The van der Waals surface area contributed by atoms with Crippen molar-refractivity contribution in [1.29, 1.82) is 0 Å². The van der Waals surface area contributed by atoms with Gasteiger partial charge in [-0.2, -0.15) is 0 Å². The molecule has 0 aliphatic carbocycles. The van der Waals surface area contributed by atoms with E-state index < -0.39 is 34.8 Å². The summed E-state index contributed by atoms with van der Waals surface area (Å²) in [6.45, 7) is 1.40. The number of phenolic OH excluding ortho intramolecular Hbond substituents is 4. The van der Waals surface area contributed by atoms with Crippen molar-refractivity contribution in [3.63, 3.8) is 0 Å². The van der Waals surface area contributed by atoms with Crippen molar-refractivity contribution in [1.82, 2.24) is 0 Å². The molecule has 1 aromatic carbocycles. The Morgan fingerprint density at radius 2 is 1.73 bits per heavy atom. The number of aromatic hydroxyl groups is 4. The highest BCUT2D eigenvalue weighted by Gasteiger charge is 2.22. The number of hydrogen-bond acceptors (Lipinski definition) is 5. The van der Waals surface area contributed by atoms with Gasteiger partial charge in [-0.25, -0.2) is 0 Å². The monoisotopic (exact) mass is 213 g/mol. The predicted octanol–water partition coefficient (Wildman–Crippen LogP) is 0.0978. The first-order valence-electron chi connectivity index (χ1n) is 4.12. The lowest BCUT2D eigenvalue weighted by molar-refractivity contribution is -0.119. The van der Waals surface area contributed by atoms with Crippen LogP contribution >= 0.6 is 0 Å². The lowest BCUT2D eigenvalue weighted by atomic mass is 9.98. The Morgan fingerprint density at radius 1 is 1.20 bits per heavy atom. The first-order chi connectivity index (χ1) is 6.86. The van der Waals surface area contributed by atoms with Crippen molar-refractivity contribution in [3.8, 4) is 23.0 Å². The summed E-state index contributed by atoms with van der Waals surface area (Å²) in [5, 5.41) is 36.8. The molecule has 0 aliphatic heterocycles. The van der Waals surface area contributed by atoms with Crippen molar-refractivity contribution < 1.29 is 25.2 Å². The minimum Gasteiger partial charge on any atom is -0.504 e. The van der Waals surface area contributed by atoms with Gasteiger partial charge in [-0.3, -0.25) is 4.79 Å². The van der Waals surface area contributed by atoms with Gasteiger partial charge in [-0.1, -0.05) is 0 Å². The van der Waals surface area contributed by atoms with Crippen LogP contribution < -0.4 is 5.73 Å². The summed E-state index contributed by atoms with van der Waals surface area (Å²) in [5.74, 6) is -4.63. The van der Waals surface area contributed by atoms with E-state index in [-0.39, 0.29) is 5.56 Å². The molecule has 0 saturated heterocycles. The molecule has 6 N–H and O–H groups in total. The Morgan fingerprint density at radius 3 is 2.20 bits per heavy atom. The molecule has 6 heteroatoms. The maximum atomic E-state index is 10.8. The van der Waals surface area contributed by atoms with Gasteiger partial charge in [0.2, 0.25) is 17.4 Å². The van der Waals surface area contributed by atoms with Crippen LogP contribution in [0, 0.1) is 0 Å². The molecule has 0 fully saturated rings. The van der Waals surface area contributed by atoms with Gasteiger partial charge in [-0.05, 0) is 13.0 Å². The fraction of sp³-hybridized carbons (Fsp3) is 0.222. The molecule has 1 rings (SSSR count). The zero-order valence-electron chi connectivity index (χ0n) is 7.93. The molecule has 82 valence electrons. The van der Waals surface area contributed by atoms with Gasteiger partial charge >= 0.3 is 0 Å². The highest BCUT2D eigenvalue weighted by Crippen LogP contribution is 2.45. The van der Waals surface area contributed by atoms with Gasteiger partial charge in [0.1, 0.15) is 0 Å². The number of carbonyl (C=O) groups excluding carboxylic acids is 1. The zero-order chi connectivity index (χ0) is 11.7.